The SMILES string of the molecule is Cc1nc(C(C)C)c(Cc2ccc(Oc3ccc(OC(F)(F)F)cc3)cc2)c(COC(=O)O)c1C. The maximum absolute atomic E-state index is 12.3. The number of aromatic nitrogens is 1. The highest BCUT2D eigenvalue weighted by Crippen LogP contribution is 2.30. The fourth-order valence-corrected chi connectivity index (χ4v) is 3.66. The van der Waals surface area contributed by atoms with E-state index in [2.05, 4.69) is 4.74 Å². The predicted octanol–water partition coefficient (Wildman–Crippen LogP) is 7.30. The van der Waals surface area contributed by atoms with Crippen LogP contribution in [0.5, 0.6) is 17.2 Å². The maximum Gasteiger partial charge on any atom is 0.573 e. The molecule has 0 amide bonds. The van der Waals surface area contributed by atoms with Crippen LogP contribution in [0.1, 0.15) is 53.4 Å². The summed E-state index contributed by atoms with van der Waals surface area (Å²) in [5.74, 6) is 0.668. The van der Waals surface area contributed by atoms with Gasteiger partial charge in [-0.1, -0.05) is 26.0 Å². The number of rotatable bonds is 8. The zero-order valence-corrected chi connectivity index (χ0v) is 19.8. The molecule has 0 atom stereocenters. The second-order valence-corrected chi connectivity index (χ2v) is 8.32. The lowest BCUT2D eigenvalue weighted by molar-refractivity contribution is -0.274. The van der Waals surface area contributed by atoms with Crippen molar-refractivity contribution < 1.29 is 37.3 Å². The highest BCUT2D eigenvalue weighted by molar-refractivity contribution is 5.57. The Hall–Kier alpha value is -3.75. The lowest BCUT2D eigenvalue weighted by Gasteiger charge is -2.20. The molecule has 0 bridgehead atoms. The van der Waals surface area contributed by atoms with Crippen molar-refractivity contribution in [3.8, 4) is 17.2 Å². The van der Waals surface area contributed by atoms with E-state index in [0.717, 1.165) is 33.6 Å². The number of hydrogen-bond donors (Lipinski definition) is 1. The summed E-state index contributed by atoms with van der Waals surface area (Å²) in [7, 11) is 0. The van der Waals surface area contributed by atoms with Crippen LogP contribution in [0.25, 0.3) is 0 Å². The molecule has 0 unspecified atom stereocenters. The number of ether oxygens (including phenoxy) is 3. The average Bonchev–Trinajstić information content (AvgIpc) is 2.77. The largest absolute Gasteiger partial charge is 0.573 e. The first kappa shape index (κ1) is 25.9. The Bertz CT molecular complexity index is 1170. The lowest BCUT2D eigenvalue weighted by atomic mass is 9.90. The van der Waals surface area contributed by atoms with Crippen molar-refractivity contribution >= 4 is 6.16 Å². The van der Waals surface area contributed by atoms with Crippen LogP contribution in [0.2, 0.25) is 0 Å². The first-order valence-electron chi connectivity index (χ1n) is 10.9. The van der Waals surface area contributed by atoms with Crippen LogP contribution in [0.15, 0.2) is 48.5 Å². The fraction of sp³-hybridized carbons (Fsp3) is 0.308. The van der Waals surface area contributed by atoms with Crippen LogP contribution >= 0.6 is 0 Å². The van der Waals surface area contributed by atoms with Gasteiger partial charge in [0, 0.05) is 11.4 Å². The third-order valence-corrected chi connectivity index (χ3v) is 5.44. The Morgan fingerprint density at radius 3 is 2.00 bits per heavy atom. The van der Waals surface area contributed by atoms with Crippen molar-refractivity contribution in [2.45, 2.75) is 53.0 Å². The van der Waals surface area contributed by atoms with Crippen molar-refractivity contribution in [1.29, 1.82) is 0 Å². The minimum Gasteiger partial charge on any atom is -0.457 e. The highest BCUT2D eigenvalue weighted by Gasteiger charge is 2.31. The first-order chi connectivity index (χ1) is 16.4. The quantitative estimate of drug-likeness (QED) is 0.335. The van der Waals surface area contributed by atoms with Gasteiger partial charge in [-0.2, -0.15) is 0 Å². The van der Waals surface area contributed by atoms with Gasteiger partial charge < -0.3 is 19.3 Å². The number of carbonyl (C=O) groups is 1. The number of benzene rings is 2. The normalized spacial score (nSPS) is 11.4. The van der Waals surface area contributed by atoms with Crippen molar-refractivity contribution in [2.75, 3.05) is 0 Å². The van der Waals surface area contributed by atoms with Crippen LogP contribution in [-0.4, -0.2) is 22.6 Å². The zero-order chi connectivity index (χ0) is 25.8. The van der Waals surface area contributed by atoms with E-state index in [1.165, 1.54) is 24.3 Å². The fourth-order valence-electron chi connectivity index (χ4n) is 3.66. The van der Waals surface area contributed by atoms with E-state index in [4.69, 9.17) is 19.6 Å². The summed E-state index contributed by atoms with van der Waals surface area (Å²) >= 11 is 0. The van der Waals surface area contributed by atoms with Gasteiger partial charge in [0.15, 0.2) is 0 Å². The number of nitrogens with zero attached hydrogens (tertiary/aromatic N) is 1. The van der Waals surface area contributed by atoms with Crippen molar-refractivity contribution in [3.05, 3.63) is 82.2 Å². The molecule has 0 saturated carbocycles. The summed E-state index contributed by atoms with van der Waals surface area (Å²) in [5, 5.41) is 9.00. The summed E-state index contributed by atoms with van der Waals surface area (Å²) in [6, 6.07) is 12.4. The third-order valence-electron chi connectivity index (χ3n) is 5.44. The average molecular weight is 489 g/mol. The third kappa shape index (κ3) is 7.11. The van der Waals surface area contributed by atoms with Crippen LogP contribution in [0.3, 0.4) is 0 Å². The van der Waals surface area contributed by atoms with Gasteiger partial charge in [-0.15, -0.1) is 13.2 Å². The molecule has 6 nitrogen and oxygen atoms in total. The smallest absolute Gasteiger partial charge is 0.457 e. The minimum absolute atomic E-state index is 0.0607. The number of pyridine rings is 1. The van der Waals surface area contributed by atoms with Crippen molar-refractivity contribution in [3.63, 3.8) is 0 Å². The molecule has 0 aliphatic heterocycles. The molecule has 0 radical (unpaired) electrons. The van der Waals surface area contributed by atoms with E-state index < -0.39 is 12.5 Å². The van der Waals surface area contributed by atoms with Gasteiger partial charge in [-0.05, 0) is 84.8 Å². The number of halogens is 3. The first-order valence-corrected chi connectivity index (χ1v) is 10.9. The van der Waals surface area contributed by atoms with Gasteiger partial charge in [-0.25, -0.2) is 4.79 Å². The van der Waals surface area contributed by atoms with Gasteiger partial charge in [0.25, 0.3) is 0 Å². The van der Waals surface area contributed by atoms with E-state index in [1.54, 1.807) is 12.1 Å². The van der Waals surface area contributed by atoms with Gasteiger partial charge in [0.05, 0.1) is 0 Å². The molecular weight excluding hydrogens is 463 g/mol. The summed E-state index contributed by atoms with van der Waals surface area (Å²) in [6.07, 6.45) is -5.57. The highest BCUT2D eigenvalue weighted by atomic mass is 19.4. The molecule has 0 fully saturated rings. The molecule has 186 valence electrons. The van der Waals surface area contributed by atoms with E-state index in [-0.39, 0.29) is 18.3 Å². The second kappa shape index (κ2) is 10.7. The molecule has 1 heterocycles. The molecule has 3 aromatic rings. The number of hydrogen-bond acceptors (Lipinski definition) is 5. The number of carboxylic acid groups (broad SMARTS) is 1. The molecule has 0 spiro atoms. The molecular formula is C26H26F3NO5. The molecule has 9 heteroatoms. The summed E-state index contributed by atoms with van der Waals surface area (Å²) in [6.45, 7) is 7.80. The number of alkyl halides is 3. The summed E-state index contributed by atoms with van der Waals surface area (Å²) in [4.78, 5) is 15.8. The van der Waals surface area contributed by atoms with Crippen LogP contribution in [-0.2, 0) is 17.8 Å². The van der Waals surface area contributed by atoms with Gasteiger partial charge in [0.2, 0.25) is 0 Å². The monoisotopic (exact) mass is 489 g/mol. The predicted molar refractivity (Wildman–Crippen MR) is 123 cm³/mol. The Morgan fingerprint density at radius 2 is 1.49 bits per heavy atom. The Balaban J connectivity index is 1.80. The van der Waals surface area contributed by atoms with E-state index in [9.17, 15) is 18.0 Å². The number of aryl methyl sites for hydroxylation is 1. The van der Waals surface area contributed by atoms with E-state index in [1.807, 2.05) is 39.8 Å². The maximum atomic E-state index is 12.3. The summed E-state index contributed by atoms with van der Waals surface area (Å²) in [5.41, 5.74) is 5.30. The van der Waals surface area contributed by atoms with Gasteiger partial charge in [0.1, 0.15) is 23.9 Å². The Kier molecular flexibility index (Phi) is 7.89. The molecule has 1 aromatic heterocycles. The molecule has 3 rings (SSSR count). The molecule has 1 N–H and O–H groups in total. The summed E-state index contributed by atoms with van der Waals surface area (Å²) < 4.78 is 51.4. The standard InChI is InChI=1S/C26H26F3NO5/c1-15(2)24-22(23(14-33-25(31)32)16(3)17(4)30-24)13-18-5-7-19(8-6-18)34-20-9-11-21(12-10-20)35-26(27,28)29/h5-12,15H,13-14H2,1-4H3,(H,31,32). The van der Waals surface area contributed by atoms with Crippen LogP contribution in [0.4, 0.5) is 18.0 Å². The molecule has 0 aliphatic carbocycles. The molecule has 0 saturated heterocycles. The van der Waals surface area contributed by atoms with Crippen LogP contribution < -0.4 is 9.47 Å². The lowest BCUT2D eigenvalue weighted by Crippen LogP contribution is -2.16. The zero-order valence-electron chi connectivity index (χ0n) is 19.8. The minimum atomic E-state index is -4.75. The van der Waals surface area contributed by atoms with Gasteiger partial charge in [-0.3, -0.25) is 4.98 Å². The second-order valence-electron chi connectivity index (χ2n) is 8.32. The molecule has 2 aromatic carbocycles. The van der Waals surface area contributed by atoms with Crippen LogP contribution in [0, 0.1) is 13.8 Å². The van der Waals surface area contributed by atoms with Gasteiger partial charge >= 0.3 is 12.5 Å². The van der Waals surface area contributed by atoms with Crippen molar-refractivity contribution in [2.24, 2.45) is 0 Å². The van der Waals surface area contributed by atoms with Crippen molar-refractivity contribution in [1.82, 2.24) is 4.98 Å². The Labute approximate surface area is 201 Å². The van der Waals surface area contributed by atoms with E-state index in [0.29, 0.717) is 17.9 Å². The Morgan fingerprint density at radius 1 is 0.943 bits per heavy atom. The molecule has 0 aliphatic rings. The molecule has 35 heavy (non-hydrogen) atoms. The van der Waals surface area contributed by atoms with E-state index >= 15 is 0 Å². The topological polar surface area (TPSA) is 77.9 Å².